The third-order valence-electron chi connectivity index (χ3n) is 2.67. The summed E-state index contributed by atoms with van der Waals surface area (Å²) in [5.74, 6) is 2.09. The molecule has 0 radical (unpaired) electrons. The van der Waals surface area contributed by atoms with Gasteiger partial charge in [0.15, 0.2) is 17.3 Å². The maximum Gasteiger partial charge on any atom is 0.174 e. The van der Waals surface area contributed by atoms with Gasteiger partial charge in [0.2, 0.25) is 0 Å². The van der Waals surface area contributed by atoms with E-state index in [1.165, 1.54) is 0 Å². The molecule has 0 saturated carbocycles. The molecule has 5 nitrogen and oxygen atoms in total. The fourth-order valence-corrected chi connectivity index (χ4v) is 1.68. The van der Waals surface area contributed by atoms with Crippen molar-refractivity contribution in [3.8, 4) is 11.5 Å². The van der Waals surface area contributed by atoms with Gasteiger partial charge in [-0.25, -0.2) is 0 Å². The summed E-state index contributed by atoms with van der Waals surface area (Å²) in [6.07, 6.45) is 1.59. The Bertz CT molecular complexity index is 497. The Morgan fingerprint density at radius 3 is 2.84 bits per heavy atom. The molecule has 5 heteroatoms. The molecule has 0 unspecified atom stereocenters. The molecule has 0 amide bonds. The summed E-state index contributed by atoms with van der Waals surface area (Å²) in [5, 5.41) is 6.90. The maximum atomic E-state index is 5.65. The van der Waals surface area contributed by atoms with E-state index in [4.69, 9.17) is 14.0 Å². The summed E-state index contributed by atoms with van der Waals surface area (Å²) in [6.45, 7) is 4.16. The summed E-state index contributed by atoms with van der Waals surface area (Å²) < 4.78 is 16.0. The Balaban J connectivity index is 2.03. The lowest BCUT2D eigenvalue weighted by Gasteiger charge is -2.11. The second-order valence-electron chi connectivity index (χ2n) is 4.03. The zero-order valence-electron chi connectivity index (χ0n) is 11.2. The number of nitrogens with one attached hydrogen (secondary N) is 1. The first kappa shape index (κ1) is 13.4. The number of nitrogens with zero attached hydrogens (tertiary/aromatic N) is 1. The van der Waals surface area contributed by atoms with Gasteiger partial charge in [0.25, 0.3) is 0 Å². The zero-order chi connectivity index (χ0) is 13.5. The van der Waals surface area contributed by atoms with Crippen LogP contribution in [-0.4, -0.2) is 18.8 Å². The molecule has 1 aromatic heterocycles. The first-order valence-electron chi connectivity index (χ1n) is 6.23. The molecular weight excluding hydrogens is 244 g/mol. The van der Waals surface area contributed by atoms with Crippen LogP contribution >= 0.6 is 0 Å². The zero-order valence-corrected chi connectivity index (χ0v) is 11.2. The number of rotatable bonds is 7. The molecule has 0 saturated heterocycles. The van der Waals surface area contributed by atoms with Crippen molar-refractivity contribution in [2.45, 2.75) is 20.1 Å². The summed E-state index contributed by atoms with van der Waals surface area (Å²) >= 11 is 0. The van der Waals surface area contributed by atoms with Crippen molar-refractivity contribution in [2.75, 3.05) is 13.7 Å². The molecular formula is C14H18N2O3. The van der Waals surface area contributed by atoms with Crippen molar-refractivity contribution in [1.82, 2.24) is 10.5 Å². The molecule has 0 fully saturated rings. The monoisotopic (exact) mass is 262 g/mol. The second kappa shape index (κ2) is 6.80. The molecule has 1 heterocycles. The molecule has 0 aliphatic carbocycles. The number of hydrogen-bond acceptors (Lipinski definition) is 5. The molecule has 1 aromatic carbocycles. The average Bonchev–Trinajstić information content (AvgIpc) is 2.96. The fourth-order valence-electron chi connectivity index (χ4n) is 1.68. The number of aromatic nitrogens is 1. The maximum absolute atomic E-state index is 5.65. The highest BCUT2D eigenvalue weighted by Crippen LogP contribution is 2.28. The summed E-state index contributed by atoms with van der Waals surface area (Å²) in [4.78, 5) is 0. The first-order chi connectivity index (χ1) is 9.33. The van der Waals surface area contributed by atoms with Gasteiger partial charge < -0.3 is 19.3 Å². The van der Waals surface area contributed by atoms with Gasteiger partial charge in [-0.15, -0.1) is 0 Å². The van der Waals surface area contributed by atoms with E-state index in [0.717, 1.165) is 24.4 Å². The minimum Gasteiger partial charge on any atom is -0.493 e. The van der Waals surface area contributed by atoms with E-state index in [0.29, 0.717) is 18.1 Å². The van der Waals surface area contributed by atoms with Gasteiger partial charge >= 0.3 is 0 Å². The number of ether oxygens (including phenoxy) is 2. The quantitative estimate of drug-likeness (QED) is 0.830. The van der Waals surface area contributed by atoms with Gasteiger partial charge in [0.1, 0.15) is 6.61 Å². The van der Waals surface area contributed by atoms with E-state index in [-0.39, 0.29) is 0 Å². The van der Waals surface area contributed by atoms with Gasteiger partial charge in [-0.1, -0.05) is 18.1 Å². The number of benzene rings is 1. The molecule has 1 N–H and O–H groups in total. The first-order valence-corrected chi connectivity index (χ1v) is 6.23. The third-order valence-corrected chi connectivity index (χ3v) is 2.67. The van der Waals surface area contributed by atoms with Crippen LogP contribution in [0.15, 0.2) is 35.0 Å². The van der Waals surface area contributed by atoms with Crippen LogP contribution in [0.4, 0.5) is 0 Å². The van der Waals surface area contributed by atoms with E-state index in [2.05, 4.69) is 17.4 Å². The van der Waals surface area contributed by atoms with E-state index in [1.807, 2.05) is 18.2 Å². The second-order valence-corrected chi connectivity index (χ2v) is 4.03. The predicted molar refractivity (Wildman–Crippen MR) is 71.2 cm³/mol. The fraction of sp³-hybridized carbons (Fsp3) is 0.357. The van der Waals surface area contributed by atoms with E-state index >= 15 is 0 Å². The van der Waals surface area contributed by atoms with Crippen LogP contribution in [0.3, 0.4) is 0 Å². The van der Waals surface area contributed by atoms with Crippen molar-refractivity contribution >= 4 is 0 Å². The highest BCUT2D eigenvalue weighted by Gasteiger charge is 2.07. The third kappa shape index (κ3) is 3.72. The molecule has 0 atom stereocenters. The Labute approximate surface area is 112 Å². The summed E-state index contributed by atoms with van der Waals surface area (Å²) in [5.41, 5.74) is 1.16. The molecule has 2 rings (SSSR count). The number of hydrogen-bond donors (Lipinski definition) is 1. The standard InChI is InChI=1S/C14H18N2O3/c1-3-15-9-11-4-5-13(14(8-11)17-2)18-10-12-6-7-16-19-12/h4-8,15H,3,9-10H2,1-2H3. The smallest absolute Gasteiger partial charge is 0.174 e. The largest absolute Gasteiger partial charge is 0.493 e. The highest BCUT2D eigenvalue weighted by atomic mass is 16.5. The van der Waals surface area contributed by atoms with Crippen molar-refractivity contribution in [3.05, 3.63) is 41.8 Å². The van der Waals surface area contributed by atoms with Crippen LogP contribution in [0, 0.1) is 0 Å². The van der Waals surface area contributed by atoms with Crippen LogP contribution in [0.1, 0.15) is 18.2 Å². The Morgan fingerprint density at radius 1 is 1.26 bits per heavy atom. The SMILES string of the molecule is CCNCc1ccc(OCc2ccno2)c(OC)c1. The Kier molecular flexibility index (Phi) is 4.80. The van der Waals surface area contributed by atoms with E-state index in [9.17, 15) is 0 Å². The van der Waals surface area contributed by atoms with Gasteiger partial charge in [0.05, 0.1) is 13.3 Å². The lowest BCUT2D eigenvalue weighted by molar-refractivity contribution is 0.239. The van der Waals surface area contributed by atoms with Crippen LogP contribution < -0.4 is 14.8 Å². The summed E-state index contributed by atoms with van der Waals surface area (Å²) in [7, 11) is 1.63. The van der Waals surface area contributed by atoms with Crippen molar-refractivity contribution < 1.29 is 14.0 Å². The molecule has 0 spiro atoms. The van der Waals surface area contributed by atoms with Crippen molar-refractivity contribution in [3.63, 3.8) is 0 Å². The van der Waals surface area contributed by atoms with Gasteiger partial charge in [-0.2, -0.15) is 0 Å². The topological polar surface area (TPSA) is 56.5 Å². The van der Waals surface area contributed by atoms with Crippen molar-refractivity contribution in [1.29, 1.82) is 0 Å². The molecule has 0 aliphatic rings. The van der Waals surface area contributed by atoms with Gasteiger partial charge in [-0.05, 0) is 24.2 Å². The highest BCUT2D eigenvalue weighted by molar-refractivity contribution is 5.43. The van der Waals surface area contributed by atoms with Crippen LogP contribution in [0.2, 0.25) is 0 Å². The normalized spacial score (nSPS) is 10.4. The van der Waals surface area contributed by atoms with Crippen LogP contribution in [-0.2, 0) is 13.2 Å². The number of methoxy groups -OCH3 is 1. The summed E-state index contributed by atoms with van der Waals surface area (Å²) in [6, 6.07) is 7.66. The van der Waals surface area contributed by atoms with Gasteiger partial charge in [-0.3, -0.25) is 0 Å². The molecule has 2 aromatic rings. The average molecular weight is 262 g/mol. The van der Waals surface area contributed by atoms with Crippen molar-refractivity contribution in [2.24, 2.45) is 0 Å². The van der Waals surface area contributed by atoms with E-state index < -0.39 is 0 Å². The molecule has 19 heavy (non-hydrogen) atoms. The van der Waals surface area contributed by atoms with Gasteiger partial charge in [0, 0.05) is 12.6 Å². The molecule has 0 bridgehead atoms. The lowest BCUT2D eigenvalue weighted by Crippen LogP contribution is -2.11. The Morgan fingerprint density at radius 2 is 2.16 bits per heavy atom. The Hall–Kier alpha value is -2.01. The minimum absolute atomic E-state index is 0.336. The van der Waals surface area contributed by atoms with E-state index in [1.54, 1.807) is 19.4 Å². The minimum atomic E-state index is 0.336. The molecule has 102 valence electrons. The van der Waals surface area contributed by atoms with Crippen LogP contribution in [0.5, 0.6) is 11.5 Å². The van der Waals surface area contributed by atoms with Crippen LogP contribution in [0.25, 0.3) is 0 Å². The predicted octanol–water partition coefficient (Wildman–Crippen LogP) is 2.37. The lowest BCUT2D eigenvalue weighted by atomic mass is 10.2. The molecule has 0 aliphatic heterocycles.